The Balaban J connectivity index is 0.900. The molecule has 5 aromatic rings. The number of nitrogens with one attached hydrogen (secondary N) is 3. The number of benzene rings is 3. The molecule has 3 aliphatic heterocycles. The standard InChI is InChI=1S/C51H59ClN8O7S/c1-50(2)16-14-37(42(29-50)35-4-6-38(52)7-5-35)31-57-21-23-58(24-22-57)39-8-10-41(44(27-39)59-20-3-25-67-49-46(59)26-36-15-19-53-47(36)55-49)48(61)56-68(64,65)40-9-11-43(45(28-40)60(62)63)54-30-34-12-17-51(18-13-34)32-66-33-51/h4-11,15,19,26-28,34,54H,3,12-14,16-18,20-25,29-33H2,1-2H3,(H,53,55)(H,56,61). The maximum Gasteiger partial charge on any atom is 0.293 e. The quantitative estimate of drug-likeness (QED) is 0.0799. The first-order valence-corrected chi connectivity index (χ1v) is 25.7. The summed E-state index contributed by atoms with van der Waals surface area (Å²) >= 11 is 6.28. The third-order valence-electron chi connectivity index (χ3n) is 14.9. The second kappa shape index (κ2) is 18.7. The van der Waals surface area contributed by atoms with E-state index in [1.165, 1.54) is 28.8 Å². The number of carbonyl (C=O) groups is 1. The maximum absolute atomic E-state index is 14.5. The number of nitrogens with zero attached hydrogens (tertiary/aromatic N) is 5. The van der Waals surface area contributed by atoms with Crippen molar-refractivity contribution in [3.63, 3.8) is 0 Å². The molecule has 1 spiro atoms. The fourth-order valence-corrected chi connectivity index (χ4v) is 11.8. The van der Waals surface area contributed by atoms with Gasteiger partial charge in [-0.05, 0) is 128 Å². The van der Waals surface area contributed by atoms with Gasteiger partial charge in [0.25, 0.3) is 21.6 Å². The molecule has 2 aromatic heterocycles. The first kappa shape index (κ1) is 46.1. The Morgan fingerprint density at radius 2 is 1.74 bits per heavy atom. The van der Waals surface area contributed by atoms with Gasteiger partial charge in [0.15, 0.2) is 0 Å². The van der Waals surface area contributed by atoms with Crippen molar-refractivity contribution in [1.29, 1.82) is 0 Å². The number of rotatable bonds is 12. The van der Waals surface area contributed by atoms with Crippen LogP contribution >= 0.6 is 11.6 Å². The van der Waals surface area contributed by atoms with Crippen LogP contribution in [0, 0.1) is 26.9 Å². The third-order valence-corrected chi connectivity index (χ3v) is 16.4. The summed E-state index contributed by atoms with van der Waals surface area (Å²) in [5, 5.41) is 17.1. The van der Waals surface area contributed by atoms with Gasteiger partial charge in [0.05, 0.1) is 40.9 Å². The van der Waals surface area contributed by atoms with E-state index in [2.05, 4.69) is 50.8 Å². The van der Waals surface area contributed by atoms with E-state index in [9.17, 15) is 23.3 Å². The fourth-order valence-electron chi connectivity index (χ4n) is 10.7. The summed E-state index contributed by atoms with van der Waals surface area (Å²) in [6.45, 7) is 11.8. The van der Waals surface area contributed by atoms with Crippen molar-refractivity contribution in [1.82, 2.24) is 19.6 Å². The highest BCUT2D eigenvalue weighted by Crippen LogP contribution is 2.46. The number of nitro benzene ring substituents is 1. The number of piperazine rings is 1. The van der Waals surface area contributed by atoms with Gasteiger partial charge in [-0.1, -0.05) is 43.2 Å². The monoisotopic (exact) mass is 962 g/mol. The van der Waals surface area contributed by atoms with Crippen LogP contribution in [0.25, 0.3) is 16.6 Å². The minimum Gasteiger partial charge on any atom is -0.476 e. The van der Waals surface area contributed by atoms with Gasteiger partial charge in [-0.25, -0.2) is 13.1 Å². The van der Waals surface area contributed by atoms with Crippen LogP contribution in [-0.4, -0.2) is 99.8 Å². The normalized spacial score (nSPS) is 19.8. The lowest BCUT2D eigenvalue weighted by Crippen LogP contribution is -2.47. The number of pyridine rings is 1. The molecule has 358 valence electrons. The molecule has 3 aromatic carbocycles. The molecule has 0 atom stereocenters. The Morgan fingerprint density at radius 1 is 0.956 bits per heavy atom. The second-order valence-corrected chi connectivity index (χ2v) is 22.3. The van der Waals surface area contributed by atoms with Crippen molar-refractivity contribution in [3.05, 3.63) is 111 Å². The molecule has 17 heteroatoms. The highest BCUT2D eigenvalue weighted by Gasteiger charge is 2.41. The lowest BCUT2D eigenvalue weighted by Gasteiger charge is -2.46. The van der Waals surface area contributed by atoms with E-state index in [1.54, 1.807) is 12.3 Å². The van der Waals surface area contributed by atoms with Crippen LogP contribution in [0.5, 0.6) is 5.88 Å². The number of amides is 1. The van der Waals surface area contributed by atoms with Gasteiger partial charge in [0.2, 0.25) is 5.88 Å². The number of ether oxygens (including phenoxy) is 2. The summed E-state index contributed by atoms with van der Waals surface area (Å²) in [6, 6.07) is 21.3. The lowest BCUT2D eigenvalue weighted by molar-refractivity contribution is -0.384. The molecule has 0 unspecified atom stereocenters. The van der Waals surface area contributed by atoms with Crippen LogP contribution in [-0.2, 0) is 14.8 Å². The smallest absolute Gasteiger partial charge is 0.293 e. The lowest BCUT2D eigenvalue weighted by atomic mass is 9.69. The van der Waals surface area contributed by atoms with Gasteiger partial charge in [0, 0.05) is 79.6 Å². The Kier molecular flexibility index (Phi) is 12.6. The molecule has 1 saturated carbocycles. The first-order chi connectivity index (χ1) is 32.7. The molecule has 15 nitrogen and oxygen atoms in total. The van der Waals surface area contributed by atoms with E-state index in [4.69, 9.17) is 26.1 Å². The predicted molar refractivity (Wildman–Crippen MR) is 266 cm³/mol. The van der Waals surface area contributed by atoms with Gasteiger partial charge < -0.3 is 29.6 Å². The van der Waals surface area contributed by atoms with Crippen LogP contribution in [0.1, 0.15) is 81.1 Å². The largest absolute Gasteiger partial charge is 0.476 e. The zero-order chi connectivity index (χ0) is 47.2. The molecular weight excluding hydrogens is 904 g/mol. The van der Waals surface area contributed by atoms with Crippen LogP contribution in [0.3, 0.4) is 0 Å². The zero-order valence-corrected chi connectivity index (χ0v) is 40.3. The van der Waals surface area contributed by atoms with Crippen LogP contribution in [0.15, 0.2) is 89.5 Å². The summed E-state index contributed by atoms with van der Waals surface area (Å²) in [6.07, 6.45) is 9.75. The van der Waals surface area contributed by atoms with Crippen LogP contribution < -0.4 is 24.6 Å². The molecule has 1 amide bonds. The Morgan fingerprint density at radius 3 is 2.47 bits per heavy atom. The maximum atomic E-state index is 14.5. The average molecular weight is 964 g/mol. The number of allylic oxidation sites excluding steroid dienone is 1. The zero-order valence-electron chi connectivity index (χ0n) is 38.7. The van der Waals surface area contributed by atoms with Crippen molar-refractivity contribution in [2.24, 2.45) is 16.7 Å². The molecule has 3 fully saturated rings. The SMILES string of the molecule is CC1(C)CCC(CN2CCN(c3ccc(C(=O)NS(=O)(=O)c4ccc(NCC5CCC6(CC5)COC6)c([N+](=O)[O-])c4)c(N4CCCOc5nc6[nH]ccc6cc54)c3)CC2)=C(c2ccc(Cl)cc2)C1. The number of anilines is 4. The van der Waals surface area contributed by atoms with Crippen LogP contribution in [0.2, 0.25) is 5.02 Å². The summed E-state index contributed by atoms with van der Waals surface area (Å²) in [7, 11) is -4.57. The molecule has 5 aliphatic rings. The van der Waals surface area contributed by atoms with Crippen molar-refractivity contribution in [2.75, 3.05) is 80.8 Å². The predicted octanol–water partition coefficient (Wildman–Crippen LogP) is 9.57. The van der Waals surface area contributed by atoms with Crippen molar-refractivity contribution < 1.29 is 27.6 Å². The first-order valence-electron chi connectivity index (χ1n) is 23.9. The molecule has 2 saturated heterocycles. The van der Waals surface area contributed by atoms with Crippen molar-refractivity contribution >= 4 is 72.6 Å². The summed E-state index contributed by atoms with van der Waals surface area (Å²) in [5.41, 5.74) is 7.33. The van der Waals surface area contributed by atoms with E-state index in [1.807, 2.05) is 41.3 Å². The number of H-pyrrole nitrogens is 1. The Labute approximate surface area is 402 Å². The molecule has 2 aliphatic carbocycles. The summed E-state index contributed by atoms with van der Waals surface area (Å²) in [4.78, 5) is 40.5. The molecule has 5 heterocycles. The van der Waals surface area contributed by atoms with E-state index >= 15 is 0 Å². The van der Waals surface area contributed by atoms with Crippen LogP contribution in [0.4, 0.5) is 28.4 Å². The van der Waals surface area contributed by atoms with Gasteiger partial charge in [-0.15, -0.1) is 0 Å². The molecule has 3 N–H and O–H groups in total. The summed E-state index contributed by atoms with van der Waals surface area (Å²) in [5.74, 6) is -0.126. The van der Waals surface area contributed by atoms with E-state index in [0.717, 1.165) is 113 Å². The minimum atomic E-state index is -4.57. The number of fused-ring (bicyclic) bond motifs is 2. The number of hydrogen-bond donors (Lipinski definition) is 3. The topological polar surface area (TPSA) is 175 Å². The second-order valence-electron chi connectivity index (χ2n) is 20.2. The minimum absolute atomic E-state index is 0.121. The number of aromatic amines is 1. The van der Waals surface area contributed by atoms with Crippen molar-refractivity contribution in [3.8, 4) is 5.88 Å². The van der Waals surface area contributed by atoms with Crippen molar-refractivity contribution in [2.45, 2.75) is 70.1 Å². The number of nitro groups is 1. The molecule has 0 radical (unpaired) electrons. The number of aromatic nitrogens is 2. The van der Waals surface area contributed by atoms with E-state index < -0.39 is 20.9 Å². The van der Waals surface area contributed by atoms with Gasteiger partial charge in [-0.3, -0.25) is 19.8 Å². The fraction of sp³-hybridized carbons (Fsp3) is 0.451. The molecule has 10 rings (SSSR count). The highest BCUT2D eigenvalue weighted by atomic mass is 35.5. The molecule has 68 heavy (non-hydrogen) atoms. The number of hydrogen-bond acceptors (Lipinski definition) is 12. The van der Waals surface area contributed by atoms with Gasteiger partial charge in [0.1, 0.15) is 17.0 Å². The summed E-state index contributed by atoms with van der Waals surface area (Å²) < 4.78 is 41.9. The van der Waals surface area contributed by atoms with E-state index in [-0.39, 0.29) is 32.7 Å². The molecule has 0 bridgehead atoms. The number of sulfonamides is 1. The number of halogens is 1. The average Bonchev–Trinajstić information content (AvgIpc) is 3.68. The van der Waals surface area contributed by atoms with Gasteiger partial charge in [-0.2, -0.15) is 4.98 Å². The molecular formula is C51H59ClN8O7S. The third kappa shape index (κ3) is 9.65. The van der Waals surface area contributed by atoms with E-state index in [0.29, 0.717) is 54.9 Å². The Hall–Kier alpha value is -5.68. The highest BCUT2D eigenvalue weighted by molar-refractivity contribution is 7.90. The van der Waals surface area contributed by atoms with Gasteiger partial charge >= 0.3 is 0 Å². The number of carbonyl (C=O) groups excluding carboxylic acids is 1. The Bertz CT molecular complexity index is 2860.